The van der Waals surface area contributed by atoms with E-state index in [1.165, 1.54) is 0 Å². The molecule has 0 aromatic heterocycles. The fourth-order valence-corrected chi connectivity index (χ4v) is 3.27. The number of ether oxygens (including phenoxy) is 2. The summed E-state index contributed by atoms with van der Waals surface area (Å²) in [4.78, 5) is 24.0. The third-order valence-corrected chi connectivity index (χ3v) is 4.55. The lowest BCUT2D eigenvalue weighted by Gasteiger charge is -2.38. The van der Waals surface area contributed by atoms with Gasteiger partial charge in [-0.25, -0.2) is 0 Å². The molecule has 1 aliphatic carbocycles. The molecule has 0 radical (unpaired) electrons. The van der Waals surface area contributed by atoms with Crippen molar-refractivity contribution in [2.45, 2.75) is 38.2 Å². The number of hydrogen-bond donors (Lipinski definition) is 1. The van der Waals surface area contributed by atoms with Crippen molar-refractivity contribution in [1.82, 2.24) is 5.32 Å². The molecule has 1 heterocycles. The molecule has 1 saturated carbocycles. The predicted molar refractivity (Wildman–Crippen MR) is 80.7 cm³/mol. The molecule has 1 spiro atoms. The van der Waals surface area contributed by atoms with Crippen LogP contribution < -0.4 is 10.1 Å². The molecule has 0 bridgehead atoms. The fourth-order valence-electron chi connectivity index (χ4n) is 3.27. The normalized spacial score (nSPS) is 27.3. The van der Waals surface area contributed by atoms with Gasteiger partial charge in [-0.3, -0.25) is 9.59 Å². The molecule has 1 fully saturated rings. The van der Waals surface area contributed by atoms with Crippen LogP contribution in [0.15, 0.2) is 24.3 Å². The van der Waals surface area contributed by atoms with Gasteiger partial charge < -0.3 is 14.8 Å². The second-order valence-electron chi connectivity index (χ2n) is 5.99. The second-order valence-corrected chi connectivity index (χ2v) is 5.99. The van der Waals surface area contributed by atoms with Crippen LogP contribution in [0.4, 0.5) is 0 Å². The molecule has 0 atom stereocenters. The number of carbonyl (C=O) groups is 2. The summed E-state index contributed by atoms with van der Waals surface area (Å²) in [5, 5.41) is 2.95. The first kappa shape index (κ1) is 14.9. The van der Waals surface area contributed by atoms with Gasteiger partial charge in [0.2, 0.25) is 0 Å². The fraction of sp³-hybridized carbons (Fsp3) is 0.529. The Kier molecular flexibility index (Phi) is 4.05. The summed E-state index contributed by atoms with van der Waals surface area (Å²) in [5.41, 5.74) is 0.164. The van der Waals surface area contributed by atoms with E-state index < -0.39 is 5.60 Å². The average Bonchev–Trinajstić information content (AvgIpc) is 2.66. The second kappa shape index (κ2) is 5.99. The lowest BCUT2D eigenvalue weighted by molar-refractivity contribution is -0.150. The van der Waals surface area contributed by atoms with Crippen molar-refractivity contribution in [2.24, 2.45) is 5.92 Å². The van der Waals surface area contributed by atoms with E-state index in [2.05, 4.69) is 5.32 Å². The topological polar surface area (TPSA) is 64.6 Å². The van der Waals surface area contributed by atoms with Gasteiger partial charge in [0.25, 0.3) is 5.91 Å². The molecule has 3 rings (SSSR count). The third-order valence-electron chi connectivity index (χ3n) is 4.55. The highest BCUT2D eigenvalue weighted by atomic mass is 16.5. The van der Waals surface area contributed by atoms with E-state index in [1.807, 2.05) is 25.1 Å². The summed E-state index contributed by atoms with van der Waals surface area (Å²) in [6.45, 7) is 2.72. The number of esters is 1. The Bertz CT molecular complexity index is 576. The molecule has 22 heavy (non-hydrogen) atoms. The monoisotopic (exact) mass is 303 g/mol. The molecule has 2 aliphatic rings. The SMILES string of the molecule is CCOC(=O)C1CCC2(CC1)CNC(=O)c1ccccc1O2. The molecule has 5 nitrogen and oxygen atoms in total. The molecular formula is C17H21NO4. The average molecular weight is 303 g/mol. The maximum atomic E-state index is 12.1. The molecule has 1 amide bonds. The van der Waals surface area contributed by atoms with Crippen molar-refractivity contribution < 1.29 is 19.1 Å². The quantitative estimate of drug-likeness (QED) is 0.852. The summed E-state index contributed by atoms with van der Waals surface area (Å²) in [5.74, 6) is 0.367. The summed E-state index contributed by atoms with van der Waals surface area (Å²) < 4.78 is 11.3. The standard InChI is InChI=1S/C17H21NO4/c1-2-21-16(20)12-7-9-17(10-8-12)11-18-15(19)13-5-3-4-6-14(13)22-17/h3-6,12H,2,7-11H2,1H3,(H,18,19). The highest BCUT2D eigenvalue weighted by Crippen LogP contribution is 2.38. The van der Waals surface area contributed by atoms with Crippen molar-refractivity contribution in [1.29, 1.82) is 0 Å². The summed E-state index contributed by atoms with van der Waals surface area (Å²) in [6, 6.07) is 7.31. The van der Waals surface area contributed by atoms with E-state index in [4.69, 9.17) is 9.47 Å². The Labute approximate surface area is 130 Å². The van der Waals surface area contributed by atoms with Gasteiger partial charge in [-0.15, -0.1) is 0 Å². The smallest absolute Gasteiger partial charge is 0.308 e. The van der Waals surface area contributed by atoms with Gasteiger partial charge in [-0.2, -0.15) is 0 Å². The van der Waals surface area contributed by atoms with E-state index in [0.29, 0.717) is 24.5 Å². The maximum absolute atomic E-state index is 12.1. The number of rotatable bonds is 2. The first-order valence-corrected chi connectivity index (χ1v) is 7.86. The van der Waals surface area contributed by atoms with Crippen molar-refractivity contribution in [3.63, 3.8) is 0 Å². The van der Waals surface area contributed by atoms with Crippen LogP contribution in [0, 0.1) is 5.92 Å². The molecule has 5 heteroatoms. The molecule has 0 saturated heterocycles. The minimum absolute atomic E-state index is 0.0524. The van der Waals surface area contributed by atoms with Crippen LogP contribution >= 0.6 is 0 Å². The van der Waals surface area contributed by atoms with Crippen LogP contribution in [0.3, 0.4) is 0 Å². The van der Waals surface area contributed by atoms with E-state index in [-0.39, 0.29) is 17.8 Å². The van der Waals surface area contributed by atoms with E-state index in [0.717, 1.165) is 25.7 Å². The number of para-hydroxylation sites is 1. The minimum atomic E-state index is -0.411. The van der Waals surface area contributed by atoms with Crippen LogP contribution in [-0.2, 0) is 9.53 Å². The number of hydrogen-bond acceptors (Lipinski definition) is 4. The van der Waals surface area contributed by atoms with Gasteiger partial charge in [-0.05, 0) is 44.7 Å². The summed E-state index contributed by atoms with van der Waals surface area (Å²) in [6.07, 6.45) is 2.95. The number of benzene rings is 1. The molecule has 1 N–H and O–H groups in total. The van der Waals surface area contributed by atoms with Gasteiger partial charge in [0.05, 0.1) is 24.6 Å². The first-order valence-electron chi connectivity index (χ1n) is 7.86. The van der Waals surface area contributed by atoms with Gasteiger partial charge in [0.15, 0.2) is 0 Å². The highest BCUT2D eigenvalue weighted by Gasteiger charge is 2.42. The van der Waals surface area contributed by atoms with Crippen molar-refractivity contribution >= 4 is 11.9 Å². The summed E-state index contributed by atoms with van der Waals surface area (Å²) >= 11 is 0. The van der Waals surface area contributed by atoms with Crippen LogP contribution in [-0.4, -0.2) is 30.6 Å². The third kappa shape index (κ3) is 2.80. The predicted octanol–water partition coefficient (Wildman–Crippen LogP) is 2.30. The Morgan fingerprint density at radius 1 is 1.36 bits per heavy atom. The first-order chi connectivity index (χ1) is 10.6. The van der Waals surface area contributed by atoms with E-state index in [9.17, 15) is 9.59 Å². The van der Waals surface area contributed by atoms with Gasteiger partial charge >= 0.3 is 5.97 Å². The molecule has 1 aromatic rings. The number of nitrogens with one attached hydrogen (secondary N) is 1. The molecule has 1 aliphatic heterocycles. The lowest BCUT2D eigenvalue weighted by atomic mass is 9.78. The van der Waals surface area contributed by atoms with Gasteiger partial charge in [0, 0.05) is 0 Å². The van der Waals surface area contributed by atoms with Gasteiger partial charge in [0.1, 0.15) is 11.4 Å². The van der Waals surface area contributed by atoms with Crippen molar-refractivity contribution in [2.75, 3.05) is 13.2 Å². The van der Waals surface area contributed by atoms with Crippen LogP contribution in [0.25, 0.3) is 0 Å². The molecule has 0 unspecified atom stereocenters. The Balaban J connectivity index is 1.74. The molecule has 118 valence electrons. The van der Waals surface area contributed by atoms with Crippen molar-refractivity contribution in [3.05, 3.63) is 29.8 Å². The number of amides is 1. The maximum Gasteiger partial charge on any atom is 0.308 e. The molecule has 1 aromatic carbocycles. The van der Waals surface area contributed by atoms with Gasteiger partial charge in [-0.1, -0.05) is 12.1 Å². The van der Waals surface area contributed by atoms with Crippen LogP contribution in [0.2, 0.25) is 0 Å². The zero-order valence-corrected chi connectivity index (χ0v) is 12.8. The largest absolute Gasteiger partial charge is 0.485 e. The Hall–Kier alpha value is -2.04. The Morgan fingerprint density at radius 2 is 2.09 bits per heavy atom. The Morgan fingerprint density at radius 3 is 2.82 bits per heavy atom. The van der Waals surface area contributed by atoms with Crippen LogP contribution in [0.1, 0.15) is 43.0 Å². The zero-order valence-electron chi connectivity index (χ0n) is 12.8. The minimum Gasteiger partial charge on any atom is -0.485 e. The van der Waals surface area contributed by atoms with E-state index >= 15 is 0 Å². The van der Waals surface area contributed by atoms with E-state index in [1.54, 1.807) is 6.07 Å². The highest BCUT2D eigenvalue weighted by molar-refractivity contribution is 5.97. The number of fused-ring (bicyclic) bond motifs is 1. The zero-order chi connectivity index (χ0) is 15.6. The summed E-state index contributed by atoms with van der Waals surface area (Å²) in [7, 11) is 0. The lowest BCUT2D eigenvalue weighted by Crippen LogP contribution is -2.48. The van der Waals surface area contributed by atoms with Crippen LogP contribution in [0.5, 0.6) is 5.75 Å². The number of carbonyl (C=O) groups excluding carboxylic acids is 2. The molecular weight excluding hydrogens is 282 g/mol. The van der Waals surface area contributed by atoms with Crippen molar-refractivity contribution in [3.8, 4) is 5.75 Å².